The van der Waals surface area contributed by atoms with E-state index in [2.05, 4.69) is 67.7 Å². The molecule has 5 rings (SSSR count). The van der Waals surface area contributed by atoms with Crippen molar-refractivity contribution in [2.24, 2.45) is 5.92 Å². The van der Waals surface area contributed by atoms with Crippen LogP contribution in [-0.2, 0) is 10.1 Å². The molecule has 9 nitrogen and oxygen atoms in total. The zero-order valence-electron chi connectivity index (χ0n) is 20.7. The molecular formula is C25H33N7O2S. The van der Waals surface area contributed by atoms with Gasteiger partial charge in [-0.05, 0) is 49.6 Å². The number of aryl methyl sites for hydroxylation is 1. The normalized spacial score (nSPS) is 17.0. The second kappa shape index (κ2) is 9.50. The van der Waals surface area contributed by atoms with Crippen molar-refractivity contribution in [2.75, 3.05) is 37.5 Å². The summed E-state index contributed by atoms with van der Waals surface area (Å²) >= 11 is 0. The fourth-order valence-corrected chi connectivity index (χ4v) is 5.90. The number of piperidine rings is 1. The second-order valence-electron chi connectivity index (χ2n) is 9.72. The van der Waals surface area contributed by atoms with Crippen molar-refractivity contribution in [1.82, 2.24) is 29.2 Å². The molecule has 1 saturated heterocycles. The number of ether oxygens (including phenoxy) is 1. The van der Waals surface area contributed by atoms with E-state index in [4.69, 9.17) is 9.72 Å². The zero-order chi connectivity index (χ0) is 24.6. The van der Waals surface area contributed by atoms with E-state index in [0.717, 1.165) is 48.0 Å². The molecule has 35 heavy (non-hydrogen) atoms. The topological polar surface area (TPSA) is 109 Å². The number of H-pyrrole nitrogens is 1. The first-order chi connectivity index (χ1) is 16.8. The lowest BCUT2D eigenvalue weighted by Gasteiger charge is -2.36. The second-order valence-corrected chi connectivity index (χ2v) is 12.9. The summed E-state index contributed by atoms with van der Waals surface area (Å²) in [4.78, 5) is 20.9. The van der Waals surface area contributed by atoms with Crippen LogP contribution in [-0.4, -0.2) is 65.6 Å². The van der Waals surface area contributed by atoms with Gasteiger partial charge in [0, 0.05) is 31.0 Å². The van der Waals surface area contributed by atoms with Gasteiger partial charge in [-0.3, -0.25) is 4.21 Å². The van der Waals surface area contributed by atoms with Crippen molar-refractivity contribution < 1.29 is 8.95 Å². The Kier molecular flexibility index (Phi) is 6.41. The van der Waals surface area contributed by atoms with E-state index in [1.807, 2.05) is 12.5 Å². The number of nitrogens with zero attached hydrogens (tertiary/aromatic N) is 5. The molecule has 4 heterocycles. The van der Waals surface area contributed by atoms with Crippen LogP contribution in [0.15, 0.2) is 36.9 Å². The Morgan fingerprint density at radius 1 is 1.23 bits per heavy atom. The summed E-state index contributed by atoms with van der Waals surface area (Å²) in [5.74, 6) is 1.75. The summed E-state index contributed by atoms with van der Waals surface area (Å²) in [5, 5.41) is 5.58. The lowest BCUT2D eigenvalue weighted by molar-refractivity contribution is 0.184. The number of nitrogens with one attached hydrogen (secondary N) is 2. The molecule has 1 unspecified atom stereocenters. The maximum Gasteiger partial charge on any atom is 0.221 e. The van der Waals surface area contributed by atoms with E-state index in [0.29, 0.717) is 35.4 Å². The monoisotopic (exact) mass is 495 g/mol. The summed E-state index contributed by atoms with van der Waals surface area (Å²) < 4.78 is 20.9. The van der Waals surface area contributed by atoms with E-state index in [1.54, 1.807) is 6.33 Å². The quantitative estimate of drug-likeness (QED) is 0.336. The van der Waals surface area contributed by atoms with Gasteiger partial charge < -0.3 is 15.0 Å². The molecule has 186 valence electrons. The number of benzene rings is 1. The minimum Gasteiger partial charge on any atom is -0.477 e. The van der Waals surface area contributed by atoms with Gasteiger partial charge >= 0.3 is 0 Å². The van der Waals surface area contributed by atoms with Crippen LogP contribution in [0.5, 0.6) is 5.88 Å². The van der Waals surface area contributed by atoms with Crippen molar-refractivity contribution >= 4 is 37.9 Å². The fourth-order valence-electron chi connectivity index (χ4n) is 4.71. The molecule has 1 aliphatic rings. The standard InChI is InChI=1S/C25H33N7O2S/c1-16-6-5-7-19-12-20(17(2)30-24-22-23(27-14-26-22)28-15-29-24)31-25(21(16)19)34-13-18-8-10-32(11-9-18)35(3,4)33/h5-7,12,14-15,17-18,35H,8-11,13H2,1-4H3,(H2,26,27,28,29,30). The molecule has 2 N–H and O–H groups in total. The maximum atomic E-state index is 12.4. The number of aromatic nitrogens is 5. The van der Waals surface area contributed by atoms with Crippen molar-refractivity contribution in [3.63, 3.8) is 0 Å². The zero-order valence-corrected chi connectivity index (χ0v) is 21.5. The predicted octanol–water partition coefficient (Wildman–Crippen LogP) is 3.66. The third-order valence-corrected chi connectivity index (χ3v) is 8.56. The van der Waals surface area contributed by atoms with E-state index < -0.39 is 10.1 Å². The molecule has 0 bridgehead atoms. The predicted molar refractivity (Wildman–Crippen MR) is 141 cm³/mol. The number of hydrogen-bond donors (Lipinski definition) is 3. The highest BCUT2D eigenvalue weighted by Crippen LogP contribution is 2.32. The molecule has 1 aromatic carbocycles. The smallest absolute Gasteiger partial charge is 0.221 e. The largest absolute Gasteiger partial charge is 0.477 e. The molecule has 0 amide bonds. The molecule has 1 fully saturated rings. The number of fused-ring (bicyclic) bond motifs is 2. The molecular weight excluding hydrogens is 462 g/mol. The summed E-state index contributed by atoms with van der Waals surface area (Å²) in [6, 6.07) is 8.23. The van der Waals surface area contributed by atoms with Crippen LogP contribution < -0.4 is 10.1 Å². The summed E-state index contributed by atoms with van der Waals surface area (Å²) in [6.07, 6.45) is 8.79. The Labute approximate surface area is 206 Å². The van der Waals surface area contributed by atoms with Crippen LogP contribution in [0, 0.1) is 12.8 Å². The first kappa shape index (κ1) is 23.6. The average Bonchev–Trinajstić information content (AvgIpc) is 3.32. The Morgan fingerprint density at radius 2 is 2.03 bits per heavy atom. The Hall–Kier alpha value is -3.11. The van der Waals surface area contributed by atoms with Gasteiger partial charge in [-0.25, -0.2) is 24.2 Å². The average molecular weight is 496 g/mol. The molecule has 0 saturated carbocycles. The van der Waals surface area contributed by atoms with Gasteiger partial charge in [-0.2, -0.15) is 0 Å². The van der Waals surface area contributed by atoms with Crippen molar-refractivity contribution in [2.45, 2.75) is 32.7 Å². The molecule has 1 aliphatic heterocycles. The van der Waals surface area contributed by atoms with E-state index >= 15 is 0 Å². The molecule has 3 aromatic heterocycles. The van der Waals surface area contributed by atoms with E-state index in [-0.39, 0.29) is 6.04 Å². The van der Waals surface area contributed by atoms with Crippen molar-refractivity contribution in [3.05, 3.63) is 48.2 Å². The van der Waals surface area contributed by atoms with Gasteiger partial charge in [-0.1, -0.05) is 28.3 Å². The molecule has 1 atom stereocenters. The van der Waals surface area contributed by atoms with Gasteiger partial charge in [0.1, 0.15) is 11.8 Å². The highest BCUT2D eigenvalue weighted by atomic mass is 32.3. The Morgan fingerprint density at radius 3 is 2.80 bits per heavy atom. The summed E-state index contributed by atoms with van der Waals surface area (Å²) in [5.41, 5.74) is 3.39. The summed E-state index contributed by atoms with van der Waals surface area (Å²) in [6.45, 7) is 6.46. The third kappa shape index (κ3) is 4.99. The van der Waals surface area contributed by atoms with E-state index in [9.17, 15) is 4.21 Å². The van der Waals surface area contributed by atoms with Crippen LogP contribution in [0.25, 0.3) is 21.9 Å². The number of thiol groups is 1. The van der Waals surface area contributed by atoms with Crippen LogP contribution in [0.4, 0.5) is 5.82 Å². The van der Waals surface area contributed by atoms with Gasteiger partial charge in [-0.15, -0.1) is 0 Å². The molecule has 10 heteroatoms. The van der Waals surface area contributed by atoms with Gasteiger partial charge in [0.25, 0.3) is 0 Å². The molecule has 0 aliphatic carbocycles. The number of rotatable bonds is 7. The van der Waals surface area contributed by atoms with Crippen LogP contribution in [0.1, 0.15) is 37.1 Å². The van der Waals surface area contributed by atoms with Gasteiger partial charge in [0.2, 0.25) is 5.88 Å². The highest BCUT2D eigenvalue weighted by Gasteiger charge is 2.24. The summed E-state index contributed by atoms with van der Waals surface area (Å²) in [7, 11) is -2.18. The van der Waals surface area contributed by atoms with Crippen LogP contribution >= 0.6 is 0 Å². The molecule has 0 spiro atoms. The van der Waals surface area contributed by atoms with Gasteiger partial charge in [0.15, 0.2) is 11.5 Å². The van der Waals surface area contributed by atoms with Crippen molar-refractivity contribution in [1.29, 1.82) is 0 Å². The maximum absolute atomic E-state index is 12.4. The Balaban J connectivity index is 1.38. The number of hydrogen-bond acceptors (Lipinski definition) is 7. The first-order valence-electron chi connectivity index (χ1n) is 12.0. The van der Waals surface area contributed by atoms with Gasteiger partial charge in [0.05, 0.1) is 24.7 Å². The molecule has 0 radical (unpaired) electrons. The van der Waals surface area contributed by atoms with Crippen LogP contribution in [0.2, 0.25) is 0 Å². The number of anilines is 1. The minimum atomic E-state index is -2.18. The van der Waals surface area contributed by atoms with Crippen LogP contribution in [0.3, 0.4) is 0 Å². The fraction of sp³-hybridized carbons (Fsp3) is 0.440. The first-order valence-corrected chi connectivity index (χ1v) is 14.6. The van der Waals surface area contributed by atoms with E-state index in [1.165, 1.54) is 6.33 Å². The van der Waals surface area contributed by atoms with Crippen molar-refractivity contribution in [3.8, 4) is 5.88 Å². The molecule has 4 aromatic rings. The number of imidazole rings is 1. The minimum absolute atomic E-state index is 0.122. The number of aromatic amines is 1. The lowest BCUT2D eigenvalue weighted by Crippen LogP contribution is -2.42. The SMILES string of the molecule is Cc1cccc2cc(C(C)Nc3ncnc4[nH]cnc34)nc(OCC3CCN([SH](C)(C)=O)CC3)c12. The Bertz CT molecular complexity index is 1390. The highest BCUT2D eigenvalue weighted by molar-refractivity contribution is 7.99. The lowest BCUT2D eigenvalue weighted by atomic mass is 9.99. The number of pyridine rings is 1. The third-order valence-electron chi connectivity index (χ3n) is 6.79.